The molecule has 0 fully saturated rings. The van der Waals surface area contributed by atoms with E-state index in [1.165, 1.54) is 0 Å². The van der Waals surface area contributed by atoms with Crippen LogP contribution in [0.3, 0.4) is 0 Å². The minimum Gasteiger partial charge on any atom is -0.396 e. The van der Waals surface area contributed by atoms with E-state index in [1.54, 1.807) is 18.2 Å². The van der Waals surface area contributed by atoms with Gasteiger partial charge in [0.15, 0.2) is 0 Å². The highest BCUT2D eigenvalue weighted by Crippen LogP contribution is 2.25. The molecule has 14 heavy (non-hydrogen) atoms. The molecule has 1 atom stereocenters. The number of halogens is 2. The summed E-state index contributed by atoms with van der Waals surface area (Å²) in [6, 6.07) is 4.54. The largest absolute Gasteiger partial charge is 0.396 e. The van der Waals surface area contributed by atoms with Crippen molar-refractivity contribution < 1.29 is 5.11 Å². The Morgan fingerprint density at radius 1 is 1.57 bits per heavy atom. The van der Waals surface area contributed by atoms with E-state index in [0.29, 0.717) is 10.6 Å². The van der Waals surface area contributed by atoms with Gasteiger partial charge in [0.05, 0.1) is 12.6 Å². The lowest BCUT2D eigenvalue weighted by atomic mass is 10.1. The predicted molar refractivity (Wildman–Crippen MR) is 58.1 cm³/mol. The molecule has 1 unspecified atom stereocenters. The Morgan fingerprint density at radius 2 is 2.29 bits per heavy atom. The van der Waals surface area contributed by atoms with Crippen LogP contribution in [-0.4, -0.2) is 11.7 Å². The average Bonchev–Trinajstić information content (AvgIpc) is 2.12. The van der Waals surface area contributed by atoms with Gasteiger partial charge in [0.25, 0.3) is 0 Å². The molecule has 0 aromatic heterocycles. The summed E-state index contributed by atoms with van der Waals surface area (Å²) in [7, 11) is 0. The second-order valence-corrected chi connectivity index (χ2v) is 3.96. The Kier molecular flexibility index (Phi) is 4.22. The number of nitrogens with zero attached hydrogens (tertiary/aromatic N) is 3. The van der Waals surface area contributed by atoms with Crippen molar-refractivity contribution in [1.82, 2.24) is 0 Å². The molecule has 1 rings (SSSR count). The van der Waals surface area contributed by atoms with Gasteiger partial charge in [0, 0.05) is 14.4 Å². The second kappa shape index (κ2) is 5.22. The van der Waals surface area contributed by atoms with Crippen LogP contribution in [0, 0.1) is 0 Å². The molecule has 0 saturated heterocycles. The van der Waals surface area contributed by atoms with Crippen molar-refractivity contribution in [2.24, 2.45) is 5.11 Å². The van der Waals surface area contributed by atoms with Crippen LogP contribution in [0.2, 0.25) is 5.02 Å². The maximum absolute atomic E-state index is 8.97. The van der Waals surface area contributed by atoms with Crippen molar-refractivity contribution in [3.05, 3.63) is 43.7 Å². The number of aliphatic hydroxyl groups is 1. The van der Waals surface area contributed by atoms with E-state index >= 15 is 0 Å². The molecule has 0 bridgehead atoms. The van der Waals surface area contributed by atoms with Crippen LogP contribution in [0.1, 0.15) is 11.6 Å². The van der Waals surface area contributed by atoms with Crippen molar-refractivity contribution in [3.63, 3.8) is 0 Å². The standard InChI is InChI=1S/C8H7BrClN3O/c9-6-1-5(2-7(10)3-6)8(4-14)12-13-11/h1-3,8,14H,4H2. The number of rotatable bonds is 3. The Bertz CT molecular complexity index is 359. The Balaban J connectivity index is 3.09. The zero-order chi connectivity index (χ0) is 10.6. The molecule has 0 saturated carbocycles. The van der Waals surface area contributed by atoms with Gasteiger partial charge in [-0.2, -0.15) is 0 Å². The fraction of sp³-hybridized carbons (Fsp3) is 0.250. The first-order valence-electron chi connectivity index (χ1n) is 3.78. The van der Waals surface area contributed by atoms with Gasteiger partial charge in [-0.25, -0.2) is 0 Å². The summed E-state index contributed by atoms with van der Waals surface area (Å²) in [5.74, 6) is 0. The second-order valence-electron chi connectivity index (χ2n) is 2.61. The molecular formula is C8H7BrClN3O. The molecular weight excluding hydrogens is 269 g/mol. The number of benzene rings is 1. The quantitative estimate of drug-likeness (QED) is 0.513. The lowest BCUT2D eigenvalue weighted by Gasteiger charge is -2.08. The predicted octanol–water partition coefficient (Wildman–Crippen LogP) is 3.45. The van der Waals surface area contributed by atoms with Crippen LogP contribution < -0.4 is 0 Å². The molecule has 0 heterocycles. The van der Waals surface area contributed by atoms with E-state index in [1.807, 2.05) is 0 Å². The van der Waals surface area contributed by atoms with Gasteiger partial charge < -0.3 is 5.11 Å². The lowest BCUT2D eigenvalue weighted by Crippen LogP contribution is -1.99. The van der Waals surface area contributed by atoms with Crippen LogP contribution in [0.4, 0.5) is 0 Å². The number of azide groups is 1. The molecule has 0 aliphatic heterocycles. The highest BCUT2D eigenvalue weighted by atomic mass is 79.9. The SMILES string of the molecule is [N-]=[N+]=NC(CO)c1cc(Cl)cc(Br)c1. The molecule has 0 aliphatic rings. The van der Waals surface area contributed by atoms with Gasteiger partial charge in [-0.1, -0.05) is 32.6 Å². The molecule has 0 aliphatic carbocycles. The Morgan fingerprint density at radius 3 is 2.79 bits per heavy atom. The minimum absolute atomic E-state index is 0.239. The Hall–Kier alpha value is -0.740. The summed E-state index contributed by atoms with van der Waals surface area (Å²) < 4.78 is 0.784. The van der Waals surface area contributed by atoms with Gasteiger partial charge >= 0.3 is 0 Å². The number of aliphatic hydroxyl groups excluding tert-OH is 1. The number of hydrogen-bond donors (Lipinski definition) is 1. The molecule has 1 aromatic rings. The third-order valence-corrected chi connectivity index (χ3v) is 2.31. The van der Waals surface area contributed by atoms with E-state index < -0.39 is 6.04 Å². The first-order chi connectivity index (χ1) is 6.67. The van der Waals surface area contributed by atoms with E-state index in [0.717, 1.165) is 4.47 Å². The summed E-state index contributed by atoms with van der Waals surface area (Å²) >= 11 is 9.07. The Labute approximate surface area is 94.3 Å². The molecule has 1 aromatic carbocycles. The lowest BCUT2D eigenvalue weighted by molar-refractivity contribution is 0.268. The van der Waals surface area contributed by atoms with Crippen molar-refractivity contribution in [2.75, 3.05) is 6.61 Å². The van der Waals surface area contributed by atoms with Crippen molar-refractivity contribution in [2.45, 2.75) is 6.04 Å². The van der Waals surface area contributed by atoms with Crippen LogP contribution >= 0.6 is 27.5 Å². The molecule has 0 amide bonds. The monoisotopic (exact) mass is 275 g/mol. The van der Waals surface area contributed by atoms with Crippen LogP contribution in [-0.2, 0) is 0 Å². The summed E-state index contributed by atoms with van der Waals surface area (Å²) in [5, 5.41) is 12.9. The summed E-state index contributed by atoms with van der Waals surface area (Å²) in [6.07, 6.45) is 0. The van der Waals surface area contributed by atoms with Crippen LogP contribution in [0.15, 0.2) is 27.8 Å². The summed E-state index contributed by atoms with van der Waals surface area (Å²) in [6.45, 7) is -0.239. The third kappa shape index (κ3) is 2.89. The van der Waals surface area contributed by atoms with Crippen LogP contribution in [0.25, 0.3) is 10.4 Å². The van der Waals surface area contributed by atoms with Gasteiger partial charge in [0.1, 0.15) is 0 Å². The molecule has 4 nitrogen and oxygen atoms in total. The molecule has 0 radical (unpaired) electrons. The van der Waals surface area contributed by atoms with Crippen LogP contribution in [0.5, 0.6) is 0 Å². The zero-order valence-electron chi connectivity index (χ0n) is 7.06. The molecule has 0 spiro atoms. The molecule has 1 N–H and O–H groups in total. The topological polar surface area (TPSA) is 69.0 Å². The van der Waals surface area contributed by atoms with E-state index in [9.17, 15) is 0 Å². The average molecular weight is 277 g/mol. The van der Waals surface area contributed by atoms with Gasteiger partial charge in [-0.05, 0) is 29.3 Å². The first-order valence-corrected chi connectivity index (χ1v) is 4.95. The highest BCUT2D eigenvalue weighted by Gasteiger charge is 2.09. The van der Waals surface area contributed by atoms with E-state index in [4.69, 9.17) is 22.2 Å². The van der Waals surface area contributed by atoms with E-state index in [-0.39, 0.29) is 6.61 Å². The van der Waals surface area contributed by atoms with E-state index in [2.05, 4.69) is 26.0 Å². The summed E-state index contributed by atoms with van der Waals surface area (Å²) in [4.78, 5) is 2.65. The van der Waals surface area contributed by atoms with Gasteiger partial charge in [0.2, 0.25) is 0 Å². The first kappa shape index (κ1) is 11.3. The zero-order valence-corrected chi connectivity index (χ0v) is 9.40. The maximum Gasteiger partial charge on any atom is 0.0857 e. The van der Waals surface area contributed by atoms with Crippen molar-refractivity contribution in [3.8, 4) is 0 Å². The number of hydrogen-bond acceptors (Lipinski definition) is 2. The van der Waals surface area contributed by atoms with Crippen molar-refractivity contribution >= 4 is 27.5 Å². The van der Waals surface area contributed by atoms with Gasteiger partial charge in [-0.15, -0.1) is 0 Å². The van der Waals surface area contributed by atoms with Crippen molar-refractivity contribution in [1.29, 1.82) is 0 Å². The summed E-state index contributed by atoms with van der Waals surface area (Å²) in [5.41, 5.74) is 8.96. The normalized spacial score (nSPS) is 11.9. The van der Waals surface area contributed by atoms with Gasteiger partial charge in [-0.3, -0.25) is 0 Å². The fourth-order valence-corrected chi connectivity index (χ4v) is 1.92. The maximum atomic E-state index is 8.97. The smallest absolute Gasteiger partial charge is 0.0857 e. The highest BCUT2D eigenvalue weighted by molar-refractivity contribution is 9.10. The molecule has 6 heteroatoms. The third-order valence-electron chi connectivity index (χ3n) is 1.63. The molecule has 74 valence electrons. The fourth-order valence-electron chi connectivity index (χ4n) is 1.04. The minimum atomic E-state index is -0.588.